The number of carbonyl (C=O) groups is 3. The van der Waals surface area contributed by atoms with Gasteiger partial charge >= 0.3 is 0 Å². The topological polar surface area (TPSA) is 186 Å². The van der Waals surface area contributed by atoms with E-state index in [-0.39, 0.29) is 53.3 Å². The number of guanidine groups is 1. The lowest BCUT2D eigenvalue weighted by molar-refractivity contribution is -0.140. The number of aryl methyl sites for hydroxylation is 3. The van der Waals surface area contributed by atoms with Crippen LogP contribution >= 0.6 is 39.9 Å². The Morgan fingerprint density at radius 1 is 0.554 bits per heavy atom. The van der Waals surface area contributed by atoms with E-state index in [2.05, 4.69) is 86.9 Å². The zero-order valence-corrected chi connectivity index (χ0v) is 61.2. The lowest BCUT2D eigenvalue weighted by Gasteiger charge is -2.46. The lowest BCUT2D eigenvalue weighted by Crippen LogP contribution is -2.56. The summed E-state index contributed by atoms with van der Waals surface area (Å²) in [7, 11) is 6.69. The fourth-order valence-corrected chi connectivity index (χ4v) is 19.3. The zero-order chi connectivity index (χ0) is 71.5. The molecule has 3 unspecified atom stereocenters. The summed E-state index contributed by atoms with van der Waals surface area (Å²) in [6.07, 6.45) is 17.0. The highest BCUT2D eigenvalue weighted by Gasteiger charge is 2.69. The molecule has 15 rings (SSSR count). The van der Waals surface area contributed by atoms with E-state index in [1.165, 1.54) is 74.2 Å². The van der Waals surface area contributed by atoms with Gasteiger partial charge < -0.3 is 36.3 Å². The van der Waals surface area contributed by atoms with Gasteiger partial charge in [-0.05, 0) is 222 Å². The predicted octanol–water partition coefficient (Wildman–Crippen LogP) is 14.8. The van der Waals surface area contributed by atoms with Crippen molar-refractivity contribution >= 4 is 73.9 Å². The Labute approximate surface area is 608 Å². The van der Waals surface area contributed by atoms with Crippen molar-refractivity contribution in [1.29, 1.82) is 0 Å². The fourth-order valence-electron chi connectivity index (χ4n) is 18.3. The number of halogens is 9. The summed E-state index contributed by atoms with van der Waals surface area (Å²) in [4.78, 5) is 52.9. The number of rotatable bonds is 19. The van der Waals surface area contributed by atoms with Gasteiger partial charge in [0, 0.05) is 37.6 Å². The number of benzene rings is 3. The highest BCUT2D eigenvalue weighted by atomic mass is 79.9. The van der Waals surface area contributed by atoms with Crippen molar-refractivity contribution in [3.8, 4) is 0 Å². The van der Waals surface area contributed by atoms with Gasteiger partial charge in [-0.1, -0.05) is 128 Å². The Balaban J connectivity index is 0.000000156. The number of nitrogens with zero attached hydrogens (tertiary/aromatic N) is 4. The third kappa shape index (κ3) is 15.9. The molecule has 6 saturated carbocycles. The van der Waals surface area contributed by atoms with Crippen LogP contribution in [0.15, 0.2) is 64.6 Å². The monoisotopic (exact) mass is 1520 g/mol. The molecule has 1 saturated heterocycles. The Kier molecular flexibility index (Phi) is 25.7. The molecule has 3 amide bonds. The molecule has 9 aliphatic carbocycles. The molecule has 3 aromatic carbocycles. The normalized spacial score (nSPS) is 30.3. The molecule has 6 N–H and O–H groups in total. The van der Waals surface area contributed by atoms with Crippen molar-refractivity contribution in [2.24, 2.45) is 55.5 Å². The van der Waals surface area contributed by atoms with Crippen LogP contribution in [-0.2, 0) is 83.7 Å². The highest BCUT2D eigenvalue weighted by Crippen LogP contribution is 2.65. The Morgan fingerprint density at radius 2 is 0.921 bits per heavy atom. The maximum Gasteiger partial charge on any atom is 0.262 e. The largest absolute Gasteiger partial charge is 0.381 e. The van der Waals surface area contributed by atoms with Crippen LogP contribution in [0, 0.1) is 34.0 Å². The van der Waals surface area contributed by atoms with E-state index in [1.807, 2.05) is 0 Å². The number of nitrogens with one attached hydrogen (secondary N) is 2. The Bertz CT molecular complexity index is 3480. The minimum atomic E-state index is -2.78. The summed E-state index contributed by atoms with van der Waals surface area (Å²) in [5.74, 6) is 1.02. The quantitative estimate of drug-likeness (QED) is 0.0508. The first-order valence-electron chi connectivity index (χ1n) is 36.1. The summed E-state index contributed by atoms with van der Waals surface area (Å²) >= 11 is 8.66. The van der Waals surface area contributed by atoms with Crippen LogP contribution in [0.1, 0.15) is 192 Å². The molecule has 0 radical (unpaired) electrons. The van der Waals surface area contributed by atoms with Crippen molar-refractivity contribution in [2.75, 3.05) is 52.5 Å². The molecule has 6 spiro atoms. The molecule has 14 nitrogen and oxygen atoms in total. The number of fused-ring (bicyclic) bond motifs is 9. The van der Waals surface area contributed by atoms with Crippen LogP contribution in [-0.4, -0.2) is 140 Å². The van der Waals surface area contributed by atoms with Crippen molar-refractivity contribution in [1.82, 2.24) is 20.4 Å². The van der Waals surface area contributed by atoms with Crippen LogP contribution in [0.5, 0.6) is 0 Å². The van der Waals surface area contributed by atoms with E-state index in [4.69, 9.17) is 42.1 Å². The Hall–Kier alpha value is -4.79. The van der Waals surface area contributed by atoms with Gasteiger partial charge in [0.25, 0.3) is 30.6 Å². The van der Waals surface area contributed by atoms with Crippen LogP contribution in [0.3, 0.4) is 0 Å². The first-order valence-corrected chi connectivity index (χ1v) is 38.6. The number of alkyl halides is 9. The van der Waals surface area contributed by atoms with Crippen molar-refractivity contribution in [2.45, 2.75) is 241 Å². The molecule has 3 aromatic rings. The molecule has 0 bridgehead atoms. The number of nitrogens with two attached hydrogens (primary N) is 2. The summed E-state index contributed by atoms with van der Waals surface area (Å²) in [6, 6.07) is 19.5. The molecule has 3 aliphatic heterocycles. The Morgan fingerprint density at radius 3 is 1.29 bits per heavy atom. The van der Waals surface area contributed by atoms with Gasteiger partial charge in [0.1, 0.15) is 0 Å². The maximum absolute atomic E-state index is 14.1. The second-order valence-corrected chi connectivity index (χ2v) is 31.9. The molecule has 3 heterocycles. The third-order valence-electron chi connectivity index (χ3n) is 24.0. The van der Waals surface area contributed by atoms with Gasteiger partial charge in [-0.25, -0.2) is 45.1 Å². The molecule has 12 aliphatic rings. The molecular formula is C76H103BrF8N8O6S2. The second-order valence-electron chi connectivity index (χ2n) is 29.9. The van der Waals surface area contributed by atoms with Crippen molar-refractivity contribution in [3.05, 3.63) is 105 Å². The molecule has 3 atom stereocenters. The summed E-state index contributed by atoms with van der Waals surface area (Å²) in [5.41, 5.74) is 16.2. The highest BCUT2D eigenvalue weighted by molar-refractivity contribution is 9.09. The van der Waals surface area contributed by atoms with Gasteiger partial charge in [-0.2, -0.15) is 0 Å². The number of methoxy groups -OCH3 is 3. The first kappa shape index (κ1) is 78.8. The van der Waals surface area contributed by atoms with E-state index in [9.17, 15) is 49.5 Å². The second kappa shape index (κ2) is 32.9. The van der Waals surface area contributed by atoms with Gasteiger partial charge in [-0.15, -0.1) is 0 Å². The van der Waals surface area contributed by atoms with Crippen molar-refractivity contribution in [3.63, 3.8) is 0 Å². The van der Waals surface area contributed by atoms with Crippen LogP contribution in [0.2, 0.25) is 0 Å². The van der Waals surface area contributed by atoms with E-state index in [0.717, 1.165) is 165 Å². The third-order valence-corrected chi connectivity index (χ3v) is 25.7. The van der Waals surface area contributed by atoms with Crippen LogP contribution in [0.25, 0.3) is 0 Å². The first-order chi connectivity index (χ1) is 48.0. The zero-order valence-electron chi connectivity index (χ0n) is 58.0. The van der Waals surface area contributed by atoms with Crippen molar-refractivity contribution < 1.29 is 63.7 Å². The number of thioether (sulfide) groups is 1. The predicted molar refractivity (Wildman–Crippen MR) is 387 cm³/mol. The van der Waals surface area contributed by atoms with E-state index in [0.29, 0.717) is 42.2 Å². The number of carbonyl (C=O) groups excluding carboxylic acids is 3. The SMILES string of the molecule is C.CN.COC1CCC2(CC1)Cc1ccc(CCC3CC3)cc1C21N=C(N)N(CC(F)F)C1=O.COC1CCC2(CC1)Cc1ccc(CCC3CC3)cc1C21N=C(SCC(F)F)N(CC(F)F)C1=O.COC1CCC2(CC1)Cc1ccc(CCC3CC3)cc1C21NC(=S)NC1=O.FC(F)CBr. The molecule has 25 heteroatoms. The number of thiocarbonyl (C=S) groups is 1. The smallest absolute Gasteiger partial charge is 0.262 e. The molecule has 558 valence electrons. The van der Waals surface area contributed by atoms with E-state index < -0.39 is 77.9 Å². The minimum Gasteiger partial charge on any atom is -0.381 e. The molecular weight excluding hydrogens is 1420 g/mol. The average Bonchev–Trinajstić information content (AvgIpc) is 1.55. The van der Waals surface area contributed by atoms with Gasteiger partial charge in [0.15, 0.2) is 32.9 Å². The lowest BCUT2D eigenvalue weighted by atomic mass is 9.61. The summed E-state index contributed by atoms with van der Waals surface area (Å²) in [5, 5.41) is 6.64. The molecule has 7 fully saturated rings. The van der Waals surface area contributed by atoms with Gasteiger partial charge in [0.05, 0.1) is 42.5 Å². The molecule has 101 heavy (non-hydrogen) atoms. The van der Waals surface area contributed by atoms with E-state index in [1.54, 1.807) is 21.3 Å². The number of ether oxygens (including phenoxy) is 3. The van der Waals surface area contributed by atoms with Crippen LogP contribution < -0.4 is 22.1 Å². The summed E-state index contributed by atoms with van der Waals surface area (Å²) in [6.45, 7) is -1.54. The number of hydrogen-bond acceptors (Lipinski definition) is 12. The number of aliphatic imine (C=N–C) groups is 2. The van der Waals surface area contributed by atoms with Gasteiger partial charge in [0.2, 0.25) is 12.9 Å². The number of amidine groups is 1. The maximum atomic E-state index is 14.1. The number of hydrogen-bond donors (Lipinski definition) is 4. The minimum absolute atomic E-state index is 0. The average molecular weight is 1520 g/mol. The number of amides is 3. The van der Waals surface area contributed by atoms with Gasteiger partial charge in [-0.3, -0.25) is 24.2 Å². The molecule has 0 aromatic heterocycles. The van der Waals surface area contributed by atoms with E-state index >= 15 is 0 Å². The van der Waals surface area contributed by atoms with Crippen LogP contribution in [0.4, 0.5) is 35.1 Å². The fraction of sp³-hybridized carbons (Fsp3) is 0.684. The summed E-state index contributed by atoms with van der Waals surface area (Å²) < 4.78 is 118. The standard InChI is InChI=1S/C26H32F4N2O2S.C24H31F2N3O2.C22H28N2O2S.C2H3BrF2.CH5N.CH4/c1-34-19-8-10-25(11-9-19)13-18-7-6-17(5-4-16-2-3-16)12-20(18)26(25)23(33)32(14-21(27)28)24(31-26)35-15-22(29)30;1-31-18-8-10-23(11-9-18)13-17-7-6-16(5-4-15-2-3-15)12-19(17)24(23)21(30)29(14-20(25)26)22(27)28-24;1-26-17-8-10-21(11-9-17)13-16-7-6-15(5-4-14-2-3-14)12-18(16)22(21)19(25)23-20(27)24-22;3-1-2(4)5;1-2;/h6-7,12,16,19,21-22H,2-5,8-11,13-15H2,1H3;6-7,12,15,18,20H,2-5,8-11,13-14H2,1H3,(H2,27,28);6-7,12,14,17H,2-5,8-11,13H2,1H3,(H2,23,24,25,27);2H,1H2;2H2,1H3;1H4.